The number of ether oxygens (including phenoxy) is 1. The number of nitro benzene ring substituents is 1. The number of hydrogen-bond acceptors (Lipinski definition) is 5. The molecule has 0 bridgehead atoms. The Balaban J connectivity index is 1.78. The monoisotopic (exact) mass is 341 g/mol. The first-order valence-electron chi connectivity index (χ1n) is 8.46. The van der Waals surface area contributed by atoms with Crippen LogP contribution in [0, 0.1) is 24.0 Å². The van der Waals surface area contributed by atoms with E-state index in [1.54, 1.807) is 6.07 Å². The summed E-state index contributed by atoms with van der Waals surface area (Å²) in [6.45, 7) is 7.24. The van der Waals surface area contributed by atoms with Crippen LogP contribution < -0.4 is 10.2 Å². The van der Waals surface area contributed by atoms with E-state index in [1.807, 2.05) is 23.1 Å². The molecule has 1 fully saturated rings. The second kappa shape index (κ2) is 7.53. The number of nitro groups is 1. The minimum absolute atomic E-state index is 0.154. The van der Waals surface area contributed by atoms with Crippen molar-refractivity contribution in [2.45, 2.75) is 20.4 Å². The Bertz CT molecular complexity index is 771. The molecule has 2 aromatic carbocycles. The van der Waals surface area contributed by atoms with Crippen LogP contribution >= 0.6 is 0 Å². The zero-order chi connectivity index (χ0) is 17.8. The molecule has 25 heavy (non-hydrogen) atoms. The summed E-state index contributed by atoms with van der Waals surface area (Å²) in [5.41, 5.74) is 5.15. The number of benzene rings is 2. The van der Waals surface area contributed by atoms with Gasteiger partial charge in [-0.1, -0.05) is 23.8 Å². The Hall–Kier alpha value is -2.60. The van der Waals surface area contributed by atoms with Crippen LogP contribution in [-0.2, 0) is 11.3 Å². The van der Waals surface area contributed by atoms with E-state index in [2.05, 4.69) is 31.3 Å². The number of nitrogens with one attached hydrogen (secondary N) is 1. The van der Waals surface area contributed by atoms with Gasteiger partial charge in [0.05, 0.1) is 18.1 Å². The molecule has 0 saturated carbocycles. The zero-order valence-electron chi connectivity index (χ0n) is 14.6. The predicted octanol–water partition coefficient (Wildman–Crippen LogP) is 3.66. The number of rotatable bonds is 5. The lowest BCUT2D eigenvalue weighted by molar-refractivity contribution is -0.384. The maximum atomic E-state index is 11.5. The third kappa shape index (κ3) is 4.09. The fourth-order valence-electron chi connectivity index (χ4n) is 3.11. The van der Waals surface area contributed by atoms with Crippen LogP contribution in [0.15, 0.2) is 36.4 Å². The van der Waals surface area contributed by atoms with Crippen LogP contribution in [0.5, 0.6) is 0 Å². The topological polar surface area (TPSA) is 67.6 Å². The highest BCUT2D eigenvalue weighted by molar-refractivity contribution is 5.65. The van der Waals surface area contributed by atoms with Gasteiger partial charge in [-0.2, -0.15) is 0 Å². The molecule has 1 N–H and O–H groups in total. The summed E-state index contributed by atoms with van der Waals surface area (Å²) in [5, 5.41) is 14.9. The van der Waals surface area contributed by atoms with Crippen molar-refractivity contribution in [3.8, 4) is 0 Å². The second-order valence-corrected chi connectivity index (χ2v) is 6.35. The molecule has 3 rings (SSSR count). The molecule has 0 amide bonds. The van der Waals surface area contributed by atoms with Crippen LogP contribution in [-0.4, -0.2) is 31.2 Å². The van der Waals surface area contributed by atoms with Crippen molar-refractivity contribution >= 4 is 17.1 Å². The molecule has 1 saturated heterocycles. The molecule has 1 aliphatic heterocycles. The van der Waals surface area contributed by atoms with Crippen molar-refractivity contribution in [2.75, 3.05) is 36.5 Å². The second-order valence-electron chi connectivity index (χ2n) is 6.35. The molecule has 0 aliphatic carbocycles. The van der Waals surface area contributed by atoms with E-state index in [1.165, 1.54) is 11.1 Å². The molecule has 6 nitrogen and oxygen atoms in total. The van der Waals surface area contributed by atoms with Gasteiger partial charge in [-0.3, -0.25) is 10.1 Å². The highest BCUT2D eigenvalue weighted by Crippen LogP contribution is 2.30. The SMILES string of the molecule is Cc1ccc(NCc2ccc(N3CCOCC3)c([N+](=O)[O-])c2)c(C)c1. The van der Waals surface area contributed by atoms with Gasteiger partial charge >= 0.3 is 0 Å². The summed E-state index contributed by atoms with van der Waals surface area (Å²) in [4.78, 5) is 13.2. The summed E-state index contributed by atoms with van der Waals surface area (Å²) in [6, 6.07) is 11.7. The summed E-state index contributed by atoms with van der Waals surface area (Å²) in [6.07, 6.45) is 0. The van der Waals surface area contributed by atoms with Crippen molar-refractivity contribution < 1.29 is 9.66 Å². The first-order chi connectivity index (χ1) is 12.0. The van der Waals surface area contributed by atoms with Crippen molar-refractivity contribution in [3.05, 3.63) is 63.2 Å². The Morgan fingerprint density at radius 3 is 2.60 bits per heavy atom. The number of anilines is 2. The van der Waals surface area contributed by atoms with Gasteiger partial charge < -0.3 is 15.0 Å². The highest BCUT2D eigenvalue weighted by Gasteiger charge is 2.21. The molecule has 6 heteroatoms. The standard InChI is InChI=1S/C19H23N3O3/c1-14-3-5-17(15(2)11-14)20-13-16-4-6-18(19(12-16)22(23)24)21-7-9-25-10-8-21/h3-6,11-12,20H,7-10,13H2,1-2H3. The largest absolute Gasteiger partial charge is 0.381 e. The molecule has 0 unspecified atom stereocenters. The van der Waals surface area contributed by atoms with Crippen LogP contribution in [0.2, 0.25) is 0 Å². The molecule has 1 heterocycles. The highest BCUT2D eigenvalue weighted by atomic mass is 16.6. The lowest BCUT2D eigenvalue weighted by atomic mass is 10.1. The average molecular weight is 341 g/mol. The third-order valence-electron chi connectivity index (χ3n) is 4.45. The first-order valence-corrected chi connectivity index (χ1v) is 8.46. The third-order valence-corrected chi connectivity index (χ3v) is 4.45. The molecule has 0 aromatic heterocycles. The maximum absolute atomic E-state index is 11.5. The van der Waals surface area contributed by atoms with Gasteiger partial charge in [-0.05, 0) is 37.1 Å². The molecule has 0 atom stereocenters. The van der Waals surface area contributed by atoms with E-state index >= 15 is 0 Å². The molecule has 132 valence electrons. The van der Waals surface area contributed by atoms with Crippen molar-refractivity contribution in [1.29, 1.82) is 0 Å². The van der Waals surface area contributed by atoms with Crippen LogP contribution in [0.25, 0.3) is 0 Å². The minimum Gasteiger partial charge on any atom is -0.381 e. The number of hydrogen-bond donors (Lipinski definition) is 1. The van der Waals surface area contributed by atoms with Crippen molar-refractivity contribution in [1.82, 2.24) is 0 Å². The van der Waals surface area contributed by atoms with E-state index in [0.717, 1.165) is 11.3 Å². The van der Waals surface area contributed by atoms with Gasteiger partial charge in [-0.15, -0.1) is 0 Å². The Morgan fingerprint density at radius 2 is 1.92 bits per heavy atom. The Morgan fingerprint density at radius 1 is 1.16 bits per heavy atom. The molecular weight excluding hydrogens is 318 g/mol. The average Bonchev–Trinajstić information content (AvgIpc) is 2.61. The summed E-state index contributed by atoms with van der Waals surface area (Å²) in [7, 11) is 0. The smallest absolute Gasteiger partial charge is 0.292 e. The van der Waals surface area contributed by atoms with E-state index < -0.39 is 0 Å². The zero-order valence-corrected chi connectivity index (χ0v) is 14.6. The molecular formula is C19H23N3O3. The minimum atomic E-state index is -0.300. The molecule has 0 radical (unpaired) electrons. The fraction of sp³-hybridized carbons (Fsp3) is 0.368. The number of aryl methyl sites for hydroxylation is 2. The van der Waals surface area contributed by atoms with E-state index in [0.29, 0.717) is 38.5 Å². The number of morpholine rings is 1. The lowest BCUT2D eigenvalue weighted by Gasteiger charge is -2.28. The predicted molar refractivity (Wildman–Crippen MR) is 99.4 cm³/mol. The molecule has 0 spiro atoms. The van der Waals surface area contributed by atoms with Crippen LogP contribution in [0.1, 0.15) is 16.7 Å². The summed E-state index contributed by atoms with van der Waals surface area (Å²) in [5.74, 6) is 0. The van der Waals surface area contributed by atoms with Crippen LogP contribution in [0.4, 0.5) is 17.1 Å². The molecule has 1 aliphatic rings. The Labute approximate surface area is 147 Å². The van der Waals surface area contributed by atoms with Gasteiger partial charge in [0.2, 0.25) is 0 Å². The normalized spacial score (nSPS) is 14.4. The van der Waals surface area contributed by atoms with Gasteiger partial charge in [0.15, 0.2) is 0 Å². The van der Waals surface area contributed by atoms with E-state index in [-0.39, 0.29) is 10.6 Å². The van der Waals surface area contributed by atoms with Gasteiger partial charge in [0.25, 0.3) is 5.69 Å². The van der Waals surface area contributed by atoms with Gasteiger partial charge in [-0.25, -0.2) is 0 Å². The first kappa shape index (κ1) is 17.2. The summed E-state index contributed by atoms with van der Waals surface area (Å²) < 4.78 is 5.33. The Kier molecular flexibility index (Phi) is 5.19. The van der Waals surface area contributed by atoms with Crippen LogP contribution in [0.3, 0.4) is 0 Å². The van der Waals surface area contributed by atoms with E-state index in [4.69, 9.17) is 4.74 Å². The van der Waals surface area contributed by atoms with E-state index in [9.17, 15) is 10.1 Å². The number of nitrogens with zero attached hydrogens (tertiary/aromatic N) is 2. The quantitative estimate of drug-likeness (QED) is 0.664. The fourth-order valence-corrected chi connectivity index (χ4v) is 3.11. The van der Waals surface area contributed by atoms with Crippen molar-refractivity contribution in [2.24, 2.45) is 0 Å². The maximum Gasteiger partial charge on any atom is 0.292 e. The van der Waals surface area contributed by atoms with Gasteiger partial charge in [0, 0.05) is 31.4 Å². The summed E-state index contributed by atoms with van der Waals surface area (Å²) >= 11 is 0. The van der Waals surface area contributed by atoms with Crippen molar-refractivity contribution in [3.63, 3.8) is 0 Å². The lowest BCUT2D eigenvalue weighted by Crippen LogP contribution is -2.36. The molecule has 2 aromatic rings. The van der Waals surface area contributed by atoms with Gasteiger partial charge in [0.1, 0.15) is 5.69 Å².